The number of alkyl halides is 2. The summed E-state index contributed by atoms with van der Waals surface area (Å²) in [6, 6.07) is 4.03. The van der Waals surface area contributed by atoms with Gasteiger partial charge in [0, 0.05) is 23.3 Å². The minimum Gasteiger partial charge on any atom is -0.358 e. The maximum Gasteiger partial charge on any atom is 0.282 e. The molecule has 0 aliphatic carbocycles. The molecule has 1 N–H and O–H groups in total. The number of nitrogens with zero attached hydrogens (tertiary/aromatic N) is 2. The van der Waals surface area contributed by atoms with Gasteiger partial charge in [-0.25, -0.2) is 13.8 Å². The average molecular weight is 291 g/mol. The van der Waals surface area contributed by atoms with E-state index >= 15 is 0 Å². The Kier molecular flexibility index (Phi) is 2.38. The number of aromatic nitrogens is 2. The number of thiophene rings is 1. The lowest BCUT2D eigenvalue weighted by Gasteiger charge is -2.40. The van der Waals surface area contributed by atoms with Gasteiger partial charge in [0.1, 0.15) is 5.65 Å². The Morgan fingerprint density at radius 2 is 2.15 bits per heavy atom. The average Bonchev–Trinajstić information content (AvgIpc) is 3.04. The van der Waals surface area contributed by atoms with Crippen LogP contribution in [-0.2, 0) is 0 Å². The summed E-state index contributed by atoms with van der Waals surface area (Å²) in [4.78, 5) is 9.09. The smallest absolute Gasteiger partial charge is 0.282 e. The van der Waals surface area contributed by atoms with E-state index in [2.05, 4.69) is 9.97 Å². The normalized spacial score (nSPS) is 17.4. The van der Waals surface area contributed by atoms with Crippen LogP contribution in [0, 0.1) is 0 Å². The Hall–Kier alpha value is -1.95. The number of nitrogens with one attached hydrogen (secondary N) is 1. The monoisotopic (exact) mass is 291 g/mol. The van der Waals surface area contributed by atoms with E-state index in [-0.39, 0.29) is 13.1 Å². The van der Waals surface area contributed by atoms with Crippen molar-refractivity contribution in [2.45, 2.75) is 5.92 Å². The van der Waals surface area contributed by atoms with Crippen molar-refractivity contribution in [3.63, 3.8) is 0 Å². The van der Waals surface area contributed by atoms with Crippen molar-refractivity contribution in [1.82, 2.24) is 9.97 Å². The van der Waals surface area contributed by atoms with E-state index in [0.29, 0.717) is 0 Å². The summed E-state index contributed by atoms with van der Waals surface area (Å²) in [6.07, 6.45) is 3.56. The Bertz CT molecular complexity index is 756. The predicted octanol–water partition coefficient (Wildman–Crippen LogP) is 3.75. The molecule has 1 aliphatic heterocycles. The number of anilines is 1. The molecule has 0 amide bonds. The molecule has 3 nitrogen and oxygen atoms in total. The van der Waals surface area contributed by atoms with Crippen LogP contribution in [0.2, 0.25) is 0 Å². The maximum atomic E-state index is 13.0. The molecule has 0 spiro atoms. The molecule has 0 atom stereocenters. The molecular formula is C14H11F2N3S. The molecule has 0 aromatic carbocycles. The van der Waals surface area contributed by atoms with Crippen molar-refractivity contribution in [1.29, 1.82) is 0 Å². The van der Waals surface area contributed by atoms with Gasteiger partial charge >= 0.3 is 0 Å². The summed E-state index contributed by atoms with van der Waals surface area (Å²) in [6.45, 7) is -0.439. The summed E-state index contributed by atoms with van der Waals surface area (Å²) < 4.78 is 26.0. The first kappa shape index (κ1) is 11.8. The first-order chi connectivity index (χ1) is 9.62. The summed E-state index contributed by atoms with van der Waals surface area (Å²) >= 11 is 1.62. The van der Waals surface area contributed by atoms with Gasteiger partial charge in [-0.1, -0.05) is 0 Å². The fourth-order valence-electron chi connectivity index (χ4n) is 2.52. The summed E-state index contributed by atoms with van der Waals surface area (Å²) in [5, 5.41) is 4.95. The van der Waals surface area contributed by atoms with Gasteiger partial charge < -0.3 is 9.88 Å². The van der Waals surface area contributed by atoms with Gasteiger partial charge in [-0.15, -0.1) is 0 Å². The molecule has 0 saturated carbocycles. The van der Waals surface area contributed by atoms with Crippen LogP contribution in [0.4, 0.5) is 14.5 Å². The fourth-order valence-corrected chi connectivity index (χ4v) is 3.19. The molecule has 3 aromatic rings. The topological polar surface area (TPSA) is 31.9 Å². The van der Waals surface area contributed by atoms with E-state index in [4.69, 9.17) is 0 Å². The minimum absolute atomic E-state index is 0.220. The van der Waals surface area contributed by atoms with E-state index in [9.17, 15) is 8.78 Å². The largest absolute Gasteiger partial charge is 0.358 e. The number of hydrogen-bond acceptors (Lipinski definition) is 3. The zero-order valence-electron chi connectivity index (χ0n) is 10.4. The van der Waals surface area contributed by atoms with Crippen molar-refractivity contribution >= 4 is 28.1 Å². The maximum absolute atomic E-state index is 13.0. The third-order valence-electron chi connectivity index (χ3n) is 3.55. The zero-order chi connectivity index (χ0) is 13.7. The third-order valence-corrected chi connectivity index (χ3v) is 4.23. The fraction of sp³-hybridized carbons (Fsp3) is 0.214. The van der Waals surface area contributed by atoms with Crippen molar-refractivity contribution in [3.8, 4) is 11.1 Å². The van der Waals surface area contributed by atoms with Gasteiger partial charge in [-0.3, -0.25) is 0 Å². The van der Waals surface area contributed by atoms with E-state index < -0.39 is 5.92 Å². The molecule has 1 aliphatic rings. The number of fused-ring (bicyclic) bond motifs is 1. The molecule has 20 heavy (non-hydrogen) atoms. The quantitative estimate of drug-likeness (QED) is 0.780. The molecule has 3 aromatic heterocycles. The standard InChI is InChI=1S/C14H11F2N3S/c15-14(16)7-19(8-14)12-5-18-13-11(12)3-10(4-17-13)9-1-2-20-6-9/h1-6H,7-8H2,(H,17,18). The SMILES string of the molecule is FC1(F)CN(c2c[nH]c3ncc(-c4ccsc4)cc23)C1. The molecule has 4 rings (SSSR count). The summed E-state index contributed by atoms with van der Waals surface area (Å²) in [5.41, 5.74) is 3.64. The number of rotatable bonds is 2. The number of aromatic amines is 1. The molecule has 0 bridgehead atoms. The van der Waals surface area contributed by atoms with Gasteiger partial charge in [0.15, 0.2) is 0 Å². The van der Waals surface area contributed by atoms with Gasteiger partial charge in [-0.05, 0) is 28.5 Å². The second-order valence-electron chi connectivity index (χ2n) is 5.02. The van der Waals surface area contributed by atoms with Gasteiger partial charge in [0.2, 0.25) is 0 Å². The first-order valence-corrected chi connectivity index (χ1v) is 7.19. The Labute approximate surface area is 117 Å². The number of pyridine rings is 1. The van der Waals surface area contributed by atoms with E-state index in [1.807, 2.05) is 22.9 Å². The molecule has 1 saturated heterocycles. The molecule has 0 radical (unpaired) electrons. The van der Waals surface area contributed by atoms with Crippen LogP contribution in [0.1, 0.15) is 0 Å². The van der Waals surface area contributed by atoms with Crippen LogP contribution in [-0.4, -0.2) is 29.0 Å². The molecule has 4 heterocycles. The highest BCUT2D eigenvalue weighted by Gasteiger charge is 2.44. The van der Waals surface area contributed by atoms with E-state index in [0.717, 1.165) is 27.8 Å². The van der Waals surface area contributed by atoms with Crippen LogP contribution < -0.4 is 4.90 Å². The van der Waals surface area contributed by atoms with Crippen molar-refractivity contribution < 1.29 is 8.78 Å². The summed E-state index contributed by atoms with van der Waals surface area (Å²) in [5.74, 6) is -2.57. The molecule has 102 valence electrons. The molecule has 6 heteroatoms. The highest BCUT2D eigenvalue weighted by atomic mass is 32.1. The van der Waals surface area contributed by atoms with Crippen LogP contribution in [0.15, 0.2) is 35.3 Å². The Morgan fingerprint density at radius 1 is 1.30 bits per heavy atom. The predicted molar refractivity (Wildman–Crippen MR) is 76.6 cm³/mol. The number of halogens is 2. The highest BCUT2D eigenvalue weighted by Crippen LogP contribution is 2.37. The second-order valence-corrected chi connectivity index (χ2v) is 5.80. The summed E-state index contributed by atoms with van der Waals surface area (Å²) in [7, 11) is 0. The van der Waals surface area contributed by atoms with E-state index in [1.54, 1.807) is 28.6 Å². The first-order valence-electron chi connectivity index (χ1n) is 6.25. The molecule has 0 unspecified atom stereocenters. The minimum atomic E-state index is -2.57. The lowest BCUT2D eigenvalue weighted by atomic mass is 10.1. The highest BCUT2D eigenvalue weighted by molar-refractivity contribution is 7.08. The van der Waals surface area contributed by atoms with Crippen molar-refractivity contribution in [3.05, 3.63) is 35.3 Å². The Balaban J connectivity index is 1.77. The van der Waals surface area contributed by atoms with Crippen LogP contribution in [0.3, 0.4) is 0 Å². The Morgan fingerprint density at radius 3 is 2.85 bits per heavy atom. The van der Waals surface area contributed by atoms with Crippen LogP contribution in [0.5, 0.6) is 0 Å². The van der Waals surface area contributed by atoms with Gasteiger partial charge in [-0.2, -0.15) is 11.3 Å². The lowest BCUT2D eigenvalue weighted by Crippen LogP contribution is -2.56. The molecular weight excluding hydrogens is 280 g/mol. The van der Waals surface area contributed by atoms with E-state index in [1.165, 1.54) is 0 Å². The second kappa shape index (κ2) is 4.02. The van der Waals surface area contributed by atoms with Gasteiger partial charge in [0.05, 0.1) is 18.8 Å². The molecule has 1 fully saturated rings. The van der Waals surface area contributed by atoms with Crippen LogP contribution >= 0.6 is 11.3 Å². The zero-order valence-corrected chi connectivity index (χ0v) is 11.3. The lowest BCUT2D eigenvalue weighted by molar-refractivity contribution is -0.0260. The number of hydrogen-bond donors (Lipinski definition) is 1. The third kappa shape index (κ3) is 1.79. The van der Waals surface area contributed by atoms with Crippen molar-refractivity contribution in [2.24, 2.45) is 0 Å². The van der Waals surface area contributed by atoms with Crippen LogP contribution in [0.25, 0.3) is 22.2 Å². The number of H-pyrrole nitrogens is 1. The van der Waals surface area contributed by atoms with Gasteiger partial charge in [0.25, 0.3) is 5.92 Å². The van der Waals surface area contributed by atoms with Crippen molar-refractivity contribution in [2.75, 3.05) is 18.0 Å².